The lowest BCUT2D eigenvalue weighted by Gasteiger charge is -2.35. The Kier molecular flexibility index (Phi) is 8.29. The predicted molar refractivity (Wildman–Crippen MR) is 152 cm³/mol. The van der Waals surface area contributed by atoms with Gasteiger partial charge in [0.15, 0.2) is 0 Å². The van der Waals surface area contributed by atoms with Crippen LogP contribution in [0.5, 0.6) is 0 Å². The van der Waals surface area contributed by atoms with Gasteiger partial charge in [0.2, 0.25) is 5.91 Å². The van der Waals surface area contributed by atoms with E-state index in [9.17, 15) is 14.4 Å². The summed E-state index contributed by atoms with van der Waals surface area (Å²) in [6.07, 6.45) is 0. The van der Waals surface area contributed by atoms with Crippen molar-refractivity contribution < 1.29 is 14.4 Å². The first-order valence-corrected chi connectivity index (χ1v) is 13.8. The molecule has 5 rings (SSSR count). The molecule has 3 amide bonds. The van der Waals surface area contributed by atoms with Crippen molar-refractivity contribution in [2.45, 2.75) is 18.9 Å². The van der Waals surface area contributed by atoms with E-state index in [2.05, 4.69) is 17.1 Å². The first-order chi connectivity index (χ1) is 18.9. The van der Waals surface area contributed by atoms with E-state index < -0.39 is 6.04 Å². The van der Waals surface area contributed by atoms with Crippen LogP contribution in [0, 0.1) is 0 Å². The smallest absolute Gasteiger partial charge is 0.255 e. The summed E-state index contributed by atoms with van der Waals surface area (Å²) in [7, 11) is 0. The fourth-order valence-corrected chi connectivity index (χ4v) is 5.53. The molecule has 2 aliphatic heterocycles. The van der Waals surface area contributed by atoms with Crippen molar-refractivity contribution in [3.05, 3.63) is 106 Å². The van der Waals surface area contributed by atoms with Crippen LogP contribution in [0.15, 0.2) is 78.9 Å². The molecule has 1 saturated heterocycles. The number of carbonyl (C=O) groups excluding carboxylic acids is 3. The average Bonchev–Trinajstić information content (AvgIpc) is 3.25. The second-order valence-corrected chi connectivity index (χ2v) is 10.6. The lowest BCUT2D eigenvalue weighted by Crippen LogP contribution is -2.50. The zero-order chi connectivity index (χ0) is 27.4. The third-order valence-electron chi connectivity index (χ3n) is 7.62. The molecule has 2 atom stereocenters. The van der Waals surface area contributed by atoms with Gasteiger partial charge < -0.3 is 15.1 Å². The van der Waals surface area contributed by atoms with E-state index in [4.69, 9.17) is 11.6 Å². The largest absolute Gasteiger partial charge is 0.353 e. The highest BCUT2D eigenvalue weighted by Gasteiger charge is 2.41. The number of hydrogen-bond acceptors (Lipinski definition) is 4. The van der Waals surface area contributed by atoms with Crippen LogP contribution in [-0.4, -0.2) is 78.2 Å². The van der Waals surface area contributed by atoms with Crippen LogP contribution in [0.2, 0.25) is 5.02 Å². The number of piperazine rings is 1. The molecule has 1 N–H and O–H groups in total. The van der Waals surface area contributed by atoms with Crippen LogP contribution in [0.3, 0.4) is 0 Å². The molecule has 2 heterocycles. The summed E-state index contributed by atoms with van der Waals surface area (Å²) in [5, 5.41) is 3.74. The predicted octanol–water partition coefficient (Wildman–Crippen LogP) is 4.21. The monoisotopic (exact) mass is 544 g/mol. The Morgan fingerprint density at radius 3 is 2.31 bits per heavy atom. The quantitative estimate of drug-likeness (QED) is 0.461. The van der Waals surface area contributed by atoms with Crippen molar-refractivity contribution in [1.82, 2.24) is 20.0 Å². The Bertz CT molecular complexity index is 1320. The minimum atomic E-state index is -0.663. The zero-order valence-corrected chi connectivity index (χ0v) is 22.8. The van der Waals surface area contributed by atoms with Gasteiger partial charge in [0, 0.05) is 62.0 Å². The van der Waals surface area contributed by atoms with Crippen LogP contribution in [-0.2, 0) is 4.79 Å². The standard InChI is InChI=1S/C31H33ClN4O3/c1-22(23-11-13-25(32)14-12-23)21-36-28(26-9-5-6-10-27(26)31(36)39)29(37)33-15-16-34-17-19-35(20-18-34)30(38)24-7-3-2-4-8-24/h2-14,22,28H,15-21H2,1H3,(H,33,37). The molecule has 2 unspecified atom stereocenters. The van der Waals surface area contributed by atoms with Crippen molar-refractivity contribution in [2.75, 3.05) is 45.8 Å². The third kappa shape index (κ3) is 6.00. The lowest BCUT2D eigenvalue weighted by molar-refractivity contribution is -0.125. The van der Waals surface area contributed by atoms with E-state index in [1.165, 1.54) is 0 Å². The number of halogens is 1. The molecule has 2 aliphatic rings. The van der Waals surface area contributed by atoms with Crippen molar-refractivity contribution in [3.8, 4) is 0 Å². The number of nitrogens with one attached hydrogen (secondary N) is 1. The number of carbonyl (C=O) groups is 3. The summed E-state index contributed by atoms with van der Waals surface area (Å²) in [4.78, 5) is 45.3. The van der Waals surface area contributed by atoms with Gasteiger partial charge in [0.1, 0.15) is 6.04 Å². The number of nitrogens with zero attached hydrogens (tertiary/aromatic N) is 3. The van der Waals surface area contributed by atoms with Gasteiger partial charge >= 0.3 is 0 Å². The number of rotatable bonds is 8. The fourth-order valence-electron chi connectivity index (χ4n) is 5.40. The molecule has 7 nitrogen and oxygen atoms in total. The highest BCUT2D eigenvalue weighted by molar-refractivity contribution is 6.30. The molecule has 0 aromatic heterocycles. The Balaban J connectivity index is 1.17. The number of hydrogen-bond donors (Lipinski definition) is 1. The molecular formula is C31H33ClN4O3. The molecule has 39 heavy (non-hydrogen) atoms. The highest BCUT2D eigenvalue weighted by Crippen LogP contribution is 2.35. The molecule has 0 radical (unpaired) electrons. The minimum absolute atomic E-state index is 0.0331. The van der Waals surface area contributed by atoms with E-state index in [0.717, 1.165) is 24.2 Å². The van der Waals surface area contributed by atoms with Crippen molar-refractivity contribution in [2.24, 2.45) is 0 Å². The normalized spacial score (nSPS) is 18.1. The number of amides is 3. The van der Waals surface area contributed by atoms with E-state index in [-0.39, 0.29) is 23.6 Å². The summed E-state index contributed by atoms with van der Waals surface area (Å²) >= 11 is 6.05. The van der Waals surface area contributed by atoms with Gasteiger partial charge in [-0.3, -0.25) is 19.3 Å². The average molecular weight is 545 g/mol. The second kappa shape index (κ2) is 12.0. The molecule has 0 spiro atoms. The lowest BCUT2D eigenvalue weighted by atomic mass is 9.99. The highest BCUT2D eigenvalue weighted by atomic mass is 35.5. The fraction of sp³-hybridized carbons (Fsp3) is 0.323. The van der Waals surface area contributed by atoms with Gasteiger partial charge in [-0.2, -0.15) is 0 Å². The Morgan fingerprint density at radius 2 is 1.59 bits per heavy atom. The van der Waals surface area contributed by atoms with Gasteiger partial charge in [-0.05, 0) is 47.4 Å². The van der Waals surface area contributed by atoms with Crippen LogP contribution in [0.4, 0.5) is 0 Å². The maximum Gasteiger partial charge on any atom is 0.255 e. The van der Waals surface area contributed by atoms with Gasteiger partial charge in [0.25, 0.3) is 11.8 Å². The third-order valence-corrected chi connectivity index (χ3v) is 7.88. The van der Waals surface area contributed by atoms with Gasteiger partial charge in [-0.25, -0.2) is 0 Å². The van der Waals surface area contributed by atoms with Crippen LogP contribution in [0.1, 0.15) is 50.7 Å². The zero-order valence-electron chi connectivity index (χ0n) is 22.1. The summed E-state index contributed by atoms with van der Waals surface area (Å²) in [6, 6.07) is 23.7. The van der Waals surface area contributed by atoms with Crippen LogP contribution in [0.25, 0.3) is 0 Å². The summed E-state index contributed by atoms with van der Waals surface area (Å²) in [6.45, 7) is 6.45. The van der Waals surface area contributed by atoms with Crippen molar-refractivity contribution >= 4 is 29.3 Å². The SMILES string of the molecule is CC(CN1C(=O)c2ccccc2C1C(=O)NCCN1CCN(C(=O)c2ccccc2)CC1)c1ccc(Cl)cc1. The Morgan fingerprint density at radius 1 is 0.923 bits per heavy atom. The Labute approximate surface area is 234 Å². The Hall–Kier alpha value is -3.68. The van der Waals surface area contributed by atoms with E-state index >= 15 is 0 Å². The molecule has 202 valence electrons. The maximum absolute atomic E-state index is 13.5. The van der Waals surface area contributed by atoms with E-state index in [0.29, 0.717) is 48.9 Å². The molecule has 8 heteroatoms. The van der Waals surface area contributed by atoms with Crippen molar-refractivity contribution in [1.29, 1.82) is 0 Å². The van der Waals surface area contributed by atoms with E-state index in [1.54, 1.807) is 11.0 Å². The summed E-state index contributed by atoms with van der Waals surface area (Å²) in [5.74, 6) is -0.202. The van der Waals surface area contributed by atoms with Gasteiger partial charge in [-0.1, -0.05) is 67.1 Å². The van der Waals surface area contributed by atoms with Gasteiger partial charge in [0.05, 0.1) is 0 Å². The summed E-state index contributed by atoms with van der Waals surface area (Å²) < 4.78 is 0. The number of benzene rings is 3. The van der Waals surface area contributed by atoms with Crippen LogP contribution < -0.4 is 5.32 Å². The summed E-state index contributed by atoms with van der Waals surface area (Å²) in [5.41, 5.74) is 3.10. The molecule has 1 fully saturated rings. The first-order valence-electron chi connectivity index (χ1n) is 13.4. The van der Waals surface area contributed by atoms with E-state index in [1.807, 2.05) is 77.7 Å². The molecule has 0 saturated carbocycles. The first kappa shape index (κ1) is 26.9. The van der Waals surface area contributed by atoms with Gasteiger partial charge in [-0.15, -0.1) is 0 Å². The molecule has 0 bridgehead atoms. The second-order valence-electron chi connectivity index (χ2n) is 10.2. The molecular weight excluding hydrogens is 512 g/mol. The minimum Gasteiger partial charge on any atom is -0.353 e. The molecule has 0 aliphatic carbocycles. The molecule has 3 aromatic carbocycles. The maximum atomic E-state index is 13.5. The molecule has 3 aromatic rings. The van der Waals surface area contributed by atoms with Crippen LogP contribution >= 0.6 is 11.6 Å². The van der Waals surface area contributed by atoms with Crippen molar-refractivity contribution in [3.63, 3.8) is 0 Å². The number of fused-ring (bicyclic) bond motifs is 1. The topological polar surface area (TPSA) is 73.0 Å².